The van der Waals surface area contributed by atoms with Crippen molar-refractivity contribution >= 4 is 11.9 Å². The molecule has 0 unspecified atom stereocenters. The number of hydrogen-bond donors (Lipinski definition) is 1. The van der Waals surface area contributed by atoms with Gasteiger partial charge < -0.3 is 10.0 Å². The minimum Gasteiger partial charge on any atom is -0.481 e. The lowest BCUT2D eigenvalue weighted by atomic mass is 9.81. The maximum absolute atomic E-state index is 13.2. The van der Waals surface area contributed by atoms with Crippen LogP contribution in [0.3, 0.4) is 0 Å². The first-order chi connectivity index (χ1) is 10.4. The standard InChI is InChI=1S/C16H19F2NO3/c1-19(9-10-2-7-13(17)14(18)8-10)15(20)11-3-5-12(6-4-11)16(21)22/h2,7-8,11-12H,3-6,9H2,1H3,(H,21,22). The van der Waals surface area contributed by atoms with Crippen molar-refractivity contribution in [3.05, 3.63) is 35.4 Å². The van der Waals surface area contributed by atoms with E-state index in [-0.39, 0.29) is 24.3 Å². The summed E-state index contributed by atoms with van der Waals surface area (Å²) in [5.74, 6) is -3.27. The van der Waals surface area contributed by atoms with Crippen LogP contribution in [0, 0.1) is 23.5 Å². The Kier molecular flexibility index (Phi) is 5.11. The molecule has 0 aromatic heterocycles. The third-order valence-electron chi connectivity index (χ3n) is 4.21. The zero-order valence-electron chi connectivity index (χ0n) is 12.4. The highest BCUT2D eigenvalue weighted by Crippen LogP contribution is 2.30. The molecule has 1 fully saturated rings. The zero-order valence-corrected chi connectivity index (χ0v) is 12.4. The normalized spacial score (nSPS) is 21.4. The van der Waals surface area contributed by atoms with Crippen molar-refractivity contribution in [2.45, 2.75) is 32.2 Å². The van der Waals surface area contributed by atoms with Crippen LogP contribution in [0.15, 0.2) is 18.2 Å². The van der Waals surface area contributed by atoms with Crippen molar-refractivity contribution in [2.75, 3.05) is 7.05 Å². The quantitative estimate of drug-likeness (QED) is 0.930. The summed E-state index contributed by atoms with van der Waals surface area (Å²) < 4.78 is 26.1. The fraction of sp³-hybridized carbons (Fsp3) is 0.500. The number of carbonyl (C=O) groups excluding carboxylic acids is 1. The van der Waals surface area contributed by atoms with Crippen LogP contribution in [0.5, 0.6) is 0 Å². The summed E-state index contributed by atoms with van der Waals surface area (Å²) in [7, 11) is 1.62. The van der Waals surface area contributed by atoms with Crippen molar-refractivity contribution in [1.82, 2.24) is 4.90 Å². The predicted molar refractivity (Wildman–Crippen MR) is 75.9 cm³/mol. The number of hydrogen-bond acceptors (Lipinski definition) is 2. The van der Waals surface area contributed by atoms with Crippen molar-refractivity contribution in [2.24, 2.45) is 11.8 Å². The SMILES string of the molecule is CN(Cc1ccc(F)c(F)c1)C(=O)C1CCC(C(=O)O)CC1. The molecule has 1 amide bonds. The molecule has 1 saturated carbocycles. The first-order valence-electron chi connectivity index (χ1n) is 7.30. The first-order valence-corrected chi connectivity index (χ1v) is 7.30. The van der Waals surface area contributed by atoms with Crippen LogP contribution in [0.25, 0.3) is 0 Å². The van der Waals surface area contributed by atoms with Crippen molar-refractivity contribution < 1.29 is 23.5 Å². The fourth-order valence-electron chi connectivity index (χ4n) is 2.89. The van der Waals surface area contributed by atoms with Gasteiger partial charge in [0.25, 0.3) is 0 Å². The molecule has 1 N–H and O–H groups in total. The van der Waals surface area contributed by atoms with Crippen molar-refractivity contribution in [3.63, 3.8) is 0 Å². The van der Waals surface area contributed by atoms with Gasteiger partial charge in [-0.15, -0.1) is 0 Å². The number of aliphatic carboxylic acids is 1. The highest BCUT2D eigenvalue weighted by atomic mass is 19.2. The van der Waals surface area contributed by atoms with E-state index in [4.69, 9.17) is 5.11 Å². The van der Waals surface area contributed by atoms with Crippen LogP contribution >= 0.6 is 0 Å². The van der Waals surface area contributed by atoms with Crippen molar-refractivity contribution in [1.29, 1.82) is 0 Å². The van der Waals surface area contributed by atoms with Gasteiger partial charge >= 0.3 is 5.97 Å². The van der Waals surface area contributed by atoms with Gasteiger partial charge in [-0.2, -0.15) is 0 Å². The molecule has 0 bridgehead atoms. The number of rotatable bonds is 4. The molecule has 4 nitrogen and oxygen atoms in total. The Morgan fingerprint density at radius 1 is 1.14 bits per heavy atom. The summed E-state index contributed by atoms with van der Waals surface area (Å²) in [5, 5.41) is 8.95. The largest absolute Gasteiger partial charge is 0.481 e. The summed E-state index contributed by atoms with van der Waals surface area (Å²) in [4.78, 5) is 24.7. The third kappa shape index (κ3) is 3.81. The molecule has 0 atom stereocenters. The fourth-order valence-corrected chi connectivity index (χ4v) is 2.89. The number of halogens is 2. The summed E-state index contributed by atoms with van der Waals surface area (Å²) in [5.41, 5.74) is 0.522. The molecule has 120 valence electrons. The Balaban J connectivity index is 1.92. The second kappa shape index (κ2) is 6.85. The molecule has 1 aliphatic rings. The summed E-state index contributed by atoms with van der Waals surface area (Å²) in [6, 6.07) is 3.57. The summed E-state index contributed by atoms with van der Waals surface area (Å²) >= 11 is 0. The molecule has 0 radical (unpaired) electrons. The van der Waals surface area contributed by atoms with E-state index in [1.807, 2.05) is 0 Å². The second-order valence-electron chi connectivity index (χ2n) is 5.83. The van der Waals surface area contributed by atoms with E-state index < -0.39 is 17.6 Å². The van der Waals surface area contributed by atoms with Crippen LogP contribution < -0.4 is 0 Å². The molecule has 2 rings (SSSR count). The highest BCUT2D eigenvalue weighted by Gasteiger charge is 2.31. The number of amides is 1. The molecule has 1 aromatic rings. The number of benzene rings is 1. The van der Waals surface area contributed by atoms with Gasteiger partial charge in [0.1, 0.15) is 0 Å². The Bertz CT molecular complexity index is 569. The van der Waals surface area contributed by atoms with Gasteiger partial charge in [0, 0.05) is 19.5 Å². The smallest absolute Gasteiger partial charge is 0.306 e. The first kappa shape index (κ1) is 16.4. The van der Waals surface area contributed by atoms with Crippen LogP contribution in [0.2, 0.25) is 0 Å². The van der Waals surface area contributed by atoms with Crippen LogP contribution in [0.4, 0.5) is 8.78 Å². The average Bonchev–Trinajstić information content (AvgIpc) is 2.50. The number of carboxylic acids is 1. The summed E-state index contributed by atoms with van der Waals surface area (Å²) in [6.07, 6.45) is 2.12. The van der Waals surface area contributed by atoms with Gasteiger partial charge in [0.2, 0.25) is 5.91 Å². The van der Waals surface area contributed by atoms with Crippen molar-refractivity contribution in [3.8, 4) is 0 Å². The van der Waals surface area contributed by atoms with E-state index in [0.717, 1.165) is 12.1 Å². The Hall–Kier alpha value is -1.98. The van der Waals surface area contributed by atoms with Gasteiger partial charge in [0.05, 0.1) is 5.92 Å². The monoisotopic (exact) mass is 311 g/mol. The topological polar surface area (TPSA) is 57.6 Å². The molecular formula is C16H19F2NO3. The van der Waals surface area contributed by atoms with Gasteiger partial charge in [-0.25, -0.2) is 8.78 Å². The van der Waals surface area contributed by atoms with E-state index in [2.05, 4.69) is 0 Å². The zero-order chi connectivity index (χ0) is 16.3. The maximum Gasteiger partial charge on any atom is 0.306 e. The van der Waals surface area contributed by atoms with E-state index in [1.54, 1.807) is 7.05 Å². The van der Waals surface area contributed by atoms with E-state index in [0.29, 0.717) is 31.2 Å². The lowest BCUT2D eigenvalue weighted by Crippen LogP contribution is -2.35. The molecule has 6 heteroatoms. The van der Waals surface area contributed by atoms with Gasteiger partial charge in [-0.1, -0.05) is 6.07 Å². The lowest BCUT2D eigenvalue weighted by molar-refractivity contribution is -0.145. The van der Waals surface area contributed by atoms with Crippen LogP contribution in [-0.4, -0.2) is 28.9 Å². The van der Waals surface area contributed by atoms with E-state index >= 15 is 0 Å². The average molecular weight is 311 g/mol. The molecule has 22 heavy (non-hydrogen) atoms. The lowest BCUT2D eigenvalue weighted by Gasteiger charge is -2.29. The molecule has 1 aromatic carbocycles. The number of nitrogens with zero attached hydrogens (tertiary/aromatic N) is 1. The minimum absolute atomic E-state index is 0.0754. The molecule has 1 aliphatic carbocycles. The second-order valence-corrected chi connectivity index (χ2v) is 5.83. The van der Waals surface area contributed by atoms with Gasteiger partial charge in [-0.05, 0) is 43.4 Å². The van der Waals surface area contributed by atoms with Gasteiger partial charge in [0.15, 0.2) is 11.6 Å². The molecule has 0 spiro atoms. The summed E-state index contributed by atoms with van der Waals surface area (Å²) in [6.45, 7) is 0.203. The third-order valence-corrected chi connectivity index (χ3v) is 4.21. The highest BCUT2D eigenvalue weighted by molar-refractivity contribution is 5.79. The number of carbonyl (C=O) groups is 2. The molecule has 0 aliphatic heterocycles. The maximum atomic E-state index is 13.2. The molecule has 0 heterocycles. The number of carboxylic acid groups (broad SMARTS) is 1. The van der Waals surface area contributed by atoms with Gasteiger partial charge in [-0.3, -0.25) is 9.59 Å². The van der Waals surface area contributed by atoms with E-state index in [1.165, 1.54) is 11.0 Å². The van der Waals surface area contributed by atoms with Crippen LogP contribution in [-0.2, 0) is 16.1 Å². The molecular weight excluding hydrogens is 292 g/mol. The predicted octanol–water partition coefficient (Wildman–Crippen LogP) is 2.81. The minimum atomic E-state index is -0.930. The molecule has 0 saturated heterocycles. The van der Waals surface area contributed by atoms with E-state index in [9.17, 15) is 18.4 Å². The van der Waals surface area contributed by atoms with Crippen LogP contribution in [0.1, 0.15) is 31.2 Å². The Morgan fingerprint density at radius 3 is 2.27 bits per heavy atom. The Morgan fingerprint density at radius 2 is 1.73 bits per heavy atom. The Labute approximate surface area is 127 Å².